The Balaban J connectivity index is 3.11. The van der Waals surface area contributed by atoms with Gasteiger partial charge in [0, 0.05) is 27.7 Å². The molecule has 0 aromatic heterocycles. The van der Waals surface area contributed by atoms with Crippen LogP contribution >= 0.6 is 11.8 Å². The summed E-state index contributed by atoms with van der Waals surface area (Å²) < 4.78 is 15.3. The SMILES string of the molecule is CC(=O)N[C@@H]1[C@@H](OC(C)=O)[C@H](OC(C)=O)[C@@H](COC(C)=O)S[C@@H]1O. The fourth-order valence-electron chi connectivity index (χ4n) is 2.31. The van der Waals surface area contributed by atoms with Crippen molar-refractivity contribution >= 4 is 35.6 Å². The smallest absolute Gasteiger partial charge is 0.303 e. The van der Waals surface area contributed by atoms with Crippen LogP contribution in [0.15, 0.2) is 0 Å². The standard InChI is InChI=1S/C14H21NO8S/c1-6(16)15-11-13(23-9(4)19)12(22-8(3)18)10(24-14(11)20)5-21-7(2)17/h10-14,20H,5H2,1-4H3,(H,15,16)/t10-,11-,12-,13-,14+/m1/s1. The lowest BCUT2D eigenvalue weighted by molar-refractivity contribution is -0.172. The molecule has 0 unspecified atom stereocenters. The van der Waals surface area contributed by atoms with Gasteiger partial charge in [-0.25, -0.2) is 0 Å². The van der Waals surface area contributed by atoms with E-state index in [2.05, 4.69) is 5.32 Å². The fourth-order valence-corrected chi connectivity index (χ4v) is 3.57. The number of hydrogen-bond acceptors (Lipinski definition) is 9. The van der Waals surface area contributed by atoms with Gasteiger partial charge in [-0.2, -0.15) is 0 Å². The Bertz CT molecular complexity index is 511. The molecule has 0 aromatic carbocycles. The second-order valence-corrected chi connectivity index (χ2v) is 6.60. The van der Waals surface area contributed by atoms with Gasteiger partial charge in [0.05, 0.1) is 5.25 Å². The molecule has 24 heavy (non-hydrogen) atoms. The van der Waals surface area contributed by atoms with Crippen LogP contribution in [0.25, 0.3) is 0 Å². The van der Waals surface area contributed by atoms with Crippen molar-refractivity contribution in [3.63, 3.8) is 0 Å². The number of carbonyl (C=O) groups is 4. The summed E-state index contributed by atoms with van der Waals surface area (Å²) in [7, 11) is 0. The molecule has 2 N–H and O–H groups in total. The number of nitrogens with one attached hydrogen (secondary N) is 1. The van der Waals surface area contributed by atoms with E-state index in [0.29, 0.717) is 0 Å². The van der Waals surface area contributed by atoms with Crippen LogP contribution in [0, 0.1) is 0 Å². The minimum atomic E-state index is -1.15. The summed E-state index contributed by atoms with van der Waals surface area (Å²) in [6.45, 7) is 4.64. The molecule has 1 heterocycles. The Kier molecular flexibility index (Phi) is 7.49. The molecule has 136 valence electrons. The molecule has 1 aliphatic rings. The van der Waals surface area contributed by atoms with Crippen LogP contribution in [0.5, 0.6) is 0 Å². The molecule has 1 amide bonds. The first-order valence-electron chi connectivity index (χ1n) is 7.20. The van der Waals surface area contributed by atoms with Gasteiger partial charge < -0.3 is 24.6 Å². The number of thioether (sulfide) groups is 1. The van der Waals surface area contributed by atoms with E-state index in [9.17, 15) is 24.3 Å². The molecule has 1 aliphatic heterocycles. The molecule has 0 radical (unpaired) electrons. The van der Waals surface area contributed by atoms with E-state index in [4.69, 9.17) is 14.2 Å². The number of hydrogen-bond donors (Lipinski definition) is 2. The predicted molar refractivity (Wildman–Crippen MR) is 82.7 cm³/mol. The van der Waals surface area contributed by atoms with Gasteiger partial charge >= 0.3 is 17.9 Å². The Morgan fingerprint density at radius 1 is 0.958 bits per heavy atom. The topological polar surface area (TPSA) is 128 Å². The summed E-state index contributed by atoms with van der Waals surface area (Å²) in [5.41, 5.74) is -1.15. The average molecular weight is 363 g/mol. The molecule has 10 heteroatoms. The van der Waals surface area contributed by atoms with Gasteiger partial charge in [-0.15, -0.1) is 11.8 Å². The maximum absolute atomic E-state index is 11.4. The second kappa shape index (κ2) is 8.88. The van der Waals surface area contributed by atoms with Crippen molar-refractivity contribution < 1.29 is 38.5 Å². The van der Waals surface area contributed by atoms with E-state index in [-0.39, 0.29) is 6.61 Å². The van der Waals surface area contributed by atoms with Crippen LogP contribution in [0.4, 0.5) is 0 Å². The van der Waals surface area contributed by atoms with Gasteiger partial charge in [0.1, 0.15) is 18.1 Å². The number of esters is 3. The molecule has 0 aliphatic carbocycles. The second-order valence-electron chi connectivity index (χ2n) is 5.24. The van der Waals surface area contributed by atoms with E-state index >= 15 is 0 Å². The summed E-state index contributed by atoms with van der Waals surface area (Å²) in [5.74, 6) is -2.29. The highest BCUT2D eigenvalue weighted by atomic mass is 32.2. The highest BCUT2D eigenvalue weighted by molar-refractivity contribution is 8.00. The van der Waals surface area contributed by atoms with Gasteiger partial charge in [0.2, 0.25) is 5.91 Å². The van der Waals surface area contributed by atoms with Crippen LogP contribution in [-0.4, -0.2) is 64.5 Å². The van der Waals surface area contributed by atoms with Crippen molar-refractivity contribution in [1.29, 1.82) is 0 Å². The predicted octanol–water partition coefficient (Wildman–Crippen LogP) is -0.649. The van der Waals surface area contributed by atoms with Crippen molar-refractivity contribution in [2.24, 2.45) is 0 Å². The van der Waals surface area contributed by atoms with Crippen molar-refractivity contribution in [3.8, 4) is 0 Å². The van der Waals surface area contributed by atoms with Crippen LogP contribution < -0.4 is 5.32 Å². The van der Waals surface area contributed by atoms with Gasteiger partial charge in [-0.1, -0.05) is 0 Å². The maximum Gasteiger partial charge on any atom is 0.303 e. The highest BCUT2D eigenvalue weighted by Crippen LogP contribution is 2.35. The molecule has 0 aromatic rings. The lowest BCUT2D eigenvalue weighted by Crippen LogP contribution is -2.62. The van der Waals surface area contributed by atoms with Crippen molar-refractivity contribution in [2.75, 3.05) is 6.61 Å². The number of aliphatic hydroxyl groups is 1. The van der Waals surface area contributed by atoms with Gasteiger partial charge in [0.25, 0.3) is 0 Å². The first-order valence-corrected chi connectivity index (χ1v) is 8.14. The van der Waals surface area contributed by atoms with Gasteiger partial charge in [0.15, 0.2) is 12.2 Å². The molecule has 0 bridgehead atoms. The molecule has 5 atom stereocenters. The summed E-state index contributed by atoms with van der Waals surface area (Å²) in [5, 5.41) is 12.1. The third kappa shape index (κ3) is 6.00. The molecule has 0 spiro atoms. The quantitative estimate of drug-likeness (QED) is 0.484. The Hall–Kier alpha value is -1.81. The zero-order chi connectivity index (χ0) is 18.4. The Morgan fingerprint density at radius 2 is 1.50 bits per heavy atom. The molecular weight excluding hydrogens is 342 g/mol. The number of amides is 1. The number of carbonyl (C=O) groups excluding carboxylic acids is 4. The van der Waals surface area contributed by atoms with Crippen LogP contribution in [-0.2, 0) is 33.4 Å². The first-order chi connectivity index (χ1) is 11.1. The first kappa shape index (κ1) is 20.2. The average Bonchev–Trinajstić information content (AvgIpc) is 2.42. The maximum atomic E-state index is 11.4. The number of ether oxygens (including phenoxy) is 3. The van der Waals surface area contributed by atoms with E-state index in [1.165, 1.54) is 20.8 Å². The number of aliphatic hydroxyl groups excluding tert-OH is 1. The molecule has 1 rings (SSSR count). The molecule has 1 fully saturated rings. The summed E-state index contributed by atoms with van der Waals surface area (Å²) in [4.78, 5) is 45.2. The van der Waals surface area contributed by atoms with Crippen molar-refractivity contribution in [1.82, 2.24) is 5.32 Å². The zero-order valence-corrected chi connectivity index (χ0v) is 14.6. The third-order valence-corrected chi connectivity index (χ3v) is 4.42. The van der Waals surface area contributed by atoms with Gasteiger partial charge in [-0.05, 0) is 0 Å². The van der Waals surface area contributed by atoms with Crippen LogP contribution in [0.3, 0.4) is 0 Å². The molecule has 9 nitrogen and oxygen atoms in total. The highest BCUT2D eigenvalue weighted by Gasteiger charge is 2.49. The Labute approximate surface area is 143 Å². The third-order valence-electron chi connectivity index (χ3n) is 3.09. The molecule has 0 saturated carbocycles. The van der Waals surface area contributed by atoms with Crippen LogP contribution in [0.1, 0.15) is 27.7 Å². The zero-order valence-electron chi connectivity index (χ0n) is 13.8. The largest absolute Gasteiger partial charge is 0.465 e. The van der Waals surface area contributed by atoms with E-state index in [1.54, 1.807) is 0 Å². The van der Waals surface area contributed by atoms with Gasteiger partial charge in [-0.3, -0.25) is 19.2 Å². The van der Waals surface area contributed by atoms with Crippen molar-refractivity contribution in [3.05, 3.63) is 0 Å². The van der Waals surface area contributed by atoms with Crippen molar-refractivity contribution in [2.45, 2.75) is 56.6 Å². The lowest BCUT2D eigenvalue weighted by atomic mass is 10.0. The fraction of sp³-hybridized carbons (Fsp3) is 0.714. The normalized spacial score (nSPS) is 29.3. The van der Waals surface area contributed by atoms with E-state index in [0.717, 1.165) is 18.7 Å². The molecular formula is C14H21NO8S. The minimum absolute atomic E-state index is 0.153. The number of rotatable bonds is 5. The summed E-state index contributed by atoms with van der Waals surface area (Å²) in [6, 6.07) is -0.977. The summed E-state index contributed by atoms with van der Waals surface area (Å²) in [6.07, 6.45) is -2.12. The minimum Gasteiger partial charge on any atom is -0.465 e. The molecule has 1 saturated heterocycles. The van der Waals surface area contributed by atoms with E-state index < -0.39 is 52.8 Å². The van der Waals surface area contributed by atoms with E-state index in [1.807, 2.05) is 0 Å². The van der Waals surface area contributed by atoms with Crippen LogP contribution in [0.2, 0.25) is 0 Å². The Morgan fingerprint density at radius 3 is 1.96 bits per heavy atom. The monoisotopic (exact) mass is 363 g/mol. The lowest BCUT2D eigenvalue weighted by Gasteiger charge is -2.43. The summed E-state index contributed by atoms with van der Waals surface area (Å²) >= 11 is 0.954.